The summed E-state index contributed by atoms with van der Waals surface area (Å²) in [6.07, 6.45) is 9.60. The molecule has 4 aromatic heterocycles. The summed E-state index contributed by atoms with van der Waals surface area (Å²) in [6.45, 7) is 0. The molecular formula is C25H20N8. The first-order valence-corrected chi connectivity index (χ1v) is 10.8. The molecule has 2 N–H and O–H groups in total. The molecule has 0 aliphatic carbocycles. The van der Waals surface area contributed by atoms with Crippen LogP contribution in [0.4, 0.5) is 0 Å². The summed E-state index contributed by atoms with van der Waals surface area (Å²) >= 11 is 0. The smallest absolute Gasteiger partial charge is 0.159 e. The van der Waals surface area contributed by atoms with Gasteiger partial charge in [-0.25, -0.2) is 29.9 Å². The van der Waals surface area contributed by atoms with Crippen LogP contribution in [0.2, 0.25) is 0 Å². The average Bonchev–Trinajstić information content (AvgIpc) is 3.47. The van der Waals surface area contributed by atoms with Gasteiger partial charge in [-0.2, -0.15) is 0 Å². The highest BCUT2D eigenvalue weighted by Crippen LogP contribution is 2.22. The number of H-pyrrole nitrogens is 2. The largest absolute Gasteiger partial charge is 0.342 e. The first-order valence-electron chi connectivity index (χ1n) is 10.8. The molecule has 8 nitrogen and oxygen atoms in total. The summed E-state index contributed by atoms with van der Waals surface area (Å²) in [5.74, 6) is 3.35. The zero-order chi connectivity index (χ0) is 22.0. The summed E-state index contributed by atoms with van der Waals surface area (Å²) < 4.78 is 0. The molecule has 0 aliphatic heterocycles. The lowest BCUT2D eigenvalue weighted by molar-refractivity contribution is 0.759. The second-order valence-electron chi connectivity index (χ2n) is 7.83. The van der Waals surface area contributed by atoms with Gasteiger partial charge in [0.1, 0.15) is 11.6 Å². The molecule has 0 radical (unpaired) electrons. The van der Waals surface area contributed by atoms with E-state index in [2.05, 4.69) is 29.9 Å². The predicted octanol–water partition coefficient (Wildman–Crippen LogP) is 4.53. The molecule has 2 aromatic carbocycles. The van der Waals surface area contributed by atoms with Gasteiger partial charge < -0.3 is 9.97 Å². The molecule has 0 amide bonds. The van der Waals surface area contributed by atoms with E-state index < -0.39 is 0 Å². The van der Waals surface area contributed by atoms with E-state index in [1.807, 2.05) is 48.5 Å². The number of nitrogens with zero attached hydrogens (tertiary/aromatic N) is 6. The van der Waals surface area contributed by atoms with Crippen molar-refractivity contribution in [2.45, 2.75) is 19.3 Å². The molecule has 0 saturated carbocycles. The standard InChI is InChI=1S/C25H20N8/c1(4-22-30-18-8-6-16(14-20(18)32-22)24-26-10-2-11-27-24)5-23-31-19-9-7-17(15-21(19)33-23)25-28-12-3-13-29-25/h2-3,6-15H,1,4-5H2,(H,30,32)(H,31,33). The Hall–Kier alpha value is -4.46. The van der Waals surface area contributed by atoms with Gasteiger partial charge in [0.25, 0.3) is 0 Å². The zero-order valence-corrected chi connectivity index (χ0v) is 17.7. The van der Waals surface area contributed by atoms with Gasteiger partial charge in [-0.3, -0.25) is 0 Å². The van der Waals surface area contributed by atoms with Gasteiger partial charge in [-0.1, -0.05) is 0 Å². The zero-order valence-electron chi connectivity index (χ0n) is 17.7. The van der Waals surface area contributed by atoms with Gasteiger partial charge in [-0.15, -0.1) is 0 Å². The van der Waals surface area contributed by atoms with Crippen LogP contribution in [0.15, 0.2) is 73.3 Å². The number of rotatable bonds is 6. The molecule has 33 heavy (non-hydrogen) atoms. The summed E-state index contributed by atoms with van der Waals surface area (Å²) in [5.41, 5.74) is 5.81. The number of fused-ring (bicyclic) bond motifs is 2. The predicted molar refractivity (Wildman–Crippen MR) is 126 cm³/mol. The molecule has 4 heterocycles. The highest BCUT2D eigenvalue weighted by Gasteiger charge is 2.09. The third-order valence-corrected chi connectivity index (χ3v) is 5.54. The van der Waals surface area contributed by atoms with E-state index in [1.54, 1.807) is 24.8 Å². The van der Waals surface area contributed by atoms with Gasteiger partial charge in [-0.05, 0) is 55.0 Å². The number of aromatic amines is 2. The maximum absolute atomic E-state index is 4.76. The van der Waals surface area contributed by atoms with Crippen LogP contribution in [0.25, 0.3) is 44.8 Å². The molecule has 6 aromatic rings. The van der Waals surface area contributed by atoms with Crippen LogP contribution in [-0.2, 0) is 12.8 Å². The molecule has 0 spiro atoms. The van der Waals surface area contributed by atoms with Crippen LogP contribution in [0, 0.1) is 0 Å². The van der Waals surface area contributed by atoms with Gasteiger partial charge in [0.05, 0.1) is 22.1 Å². The highest BCUT2D eigenvalue weighted by molar-refractivity contribution is 5.81. The summed E-state index contributed by atoms with van der Waals surface area (Å²) in [4.78, 5) is 33.6. The van der Waals surface area contributed by atoms with Crippen LogP contribution in [-0.4, -0.2) is 39.9 Å². The molecule has 0 unspecified atom stereocenters. The molecule has 0 atom stereocenters. The van der Waals surface area contributed by atoms with Crippen LogP contribution >= 0.6 is 0 Å². The lowest BCUT2D eigenvalue weighted by Crippen LogP contribution is -1.93. The minimum absolute atomic E-state index is 0.704. The molecule has 0 saturated heterocycles. The molecule has 160 valence electrons. The van der Waals surface area contributed by atoms with E-state index >= 15 is 0 Å². The topological polar surface area (TPSA) is 109 Å². The van der Waals surface area contributed by atoms with Gasteiger partial charge in [0.15, 0.2) is 11.6 Å². The van der Waals surface area contributed by atoms with Crippen molar-refractivity contribution in [2.24, 2.45) is 0 Å². The Balaban J connectivity index is 1.15. The Morgan fingerprint density at radius 3 is 1.48 bits per heavy atom. The fourth-order valence-corrected chi connectivity index (χ4v) is 3.95. The van der Waals surface area contributed by atoms with E-state index in [0.29, 0.717) is 11.6 Å². The second-order valence-corrected chi connectivity index (χ2v) is 7.83. The summed E-state index contributed by atoms with van der Waals surface area (Å²) in [7, 11) is 0. The first kappa shape index (κ1) is 19.2. The Bertz CT molecular complexity index is 1420. The summed E-state index contributed by atoms with van der Waals surface area (Å²) in [5, 5.41) is 0. The fraction of sp³-hybridized carbons (Fsp3) is 0.120. The molecule has 6 rings (SSSR count). The van der Waals surface area contributed by atoms with E-state index in [4.69, 9.17) is 9.97 Å². The normalized spacial score (nSPS) is 11.4. The fourth-order valence-electron chi connectivity index (χ4n) is 3.95. The van der Waals surface area contributed by atoms with E-state index in [9.17, 15) is 0 Å². The van der Waals surface area contributed by atoms with Gasteiger partial charge >= 0.3 is 0 Å². The van der Waals surface area contributed by atoms with Crippen molar-refractivity contribution >= 4 is 22.1 Å². The third kappa shape index (κ3) is 3.94. The molecule has 0 bridgehead atoms. The molecule has 0 fully saturated rings. The van der Waals surface area contributed by atoms with E-state index in [-0.39, 0.29) is 0 Å². The maximum atomic E-state index is 4.76. The Kier molecular flexibility index (Phi) is 4.80. The van der Waals surface area contributed by atoms with Crippen molar-refractivity contribution in [3.8, 4) is 22.8 Å². The van der Waals surface area contributed by atoms with Gasteiger partial charge in [0, 0.05) is 48.8 Å². The number of hydrogen-bond donors (Lipinski definition) is 2. The summed E-state index contributed by atoms with van der Waals surface area (Å²) in [6, 6.07) is 15.8. The van der Waals surface area contributed by atoms with Crippen LogP contribution < -0.4 is 0 Å². The van der Waals surface area contributed by atoms with Crippen LogP contribution in [0.3, 0.4) is 0 Å². The number of imidazole rings is 2. The van der Waals surface area contributed by atoms with E-state index in [1.165, 1.54) is 0 Å². The van der Waals surface area contributed by atoms with Crippen molar-refractivity contribution in [3.63, 3.8) is 0 Å². The Morgan fingerprint density at radius 1 is 0.576 bits per heavy atom. The van der Waals surface area contributed by atoms with Crippen molar-refractivity contribution in [3.05, 3.63) is 85.0 Å². The Morgan fingerprint density at radius 2 is 1.03 bits per heavy atom. The van der Waals surface area contributed by atoms with E-state index in [0.717, 1.165) is 64.1 Å². The number of aryl methyl sites for hydroxylation is 2. The molecule has 0 aliphatic rings. The number of aromatic nitrogens is 8. The molecule has 8 heteroatoms. The minimum atomic E-state index is 0.704. The van der Waals surface area contributed by atoms with Crippen molar-refractivity contribution in [2.75, 3.05) is 0 Å². The molecular weight excluding hydrogens is 412 g/mol. The monoisotopic (exact) mass is 432 g/mol. The minimum Gasteiger partial charge on any atom is -0.342 e. The maximum Gasteiger partial charge on any atom is 0.159 e. The number of nitrogens with one attached hydrogen (secondary N) is 2. The van der Waals surface area contributed by atoms with Gasteiger partial charge in [0.2, 0.25) is 0 Å². The highest BCUT2D eigenvalue weighted by atomic mass is 14.9. The van der Waals surface area contributed by atoms with Crippen molar-refractivity contribution in [1.82, 2.24) is 39.9 Å². The lowest BCUT2D eigenvalue weighted by Gasteiger charge is -1.98. The number of benzene rings is 2. The Labute approximate surface area is 189 Å². The average molecular weight is 432 g/mol. The SMILES string of the molecule is c1cnc(-c2ccc3[nH]c(CCCc4nc5cc(-c6ncccn6)ccc5[nH]4)nc3c2)nc1. The third-order valence-electron chi connectivity index (χ3n) is 5.54. The van der Waals surface area contributed by atoms with Crippen LogP contribution in [0.5, 0.6) is 0 Å². The van der Waals surface area contributed by atoms with Crippen molar-refractivity contribution in [1.29, 1.82) is 0 Å². The van der Waals surface area contributed by atoms with Crippen LogP contribution in [0.1, 0.15) is 18.1 Å². The lowest BCUT2D eigenvalue weighted by atomic mass is 10.2. The quantitative estimate of drug-likeness (QED) is 0.400. The second kappa shape index (κ2) is 8.23. The first-order chi connectivity index (χ1) is 16.3. The number of hydrogen-bond acceptors (Lipinski definition) is 6. The van der Waals surface area contributed by atoms with Crippen molar-refractivity contribution < 1.29 is 0 Å².